The molecule has 0 fully saturated rings. The molecular weight excluding hydrogens is 699 g/mol. The Morgan fingerprint density at radius 1 is 0.532 bits per heavy atom. The highest BCUT2D eigenvalue weighted by molar-refractivity contribution is 7.99. The number of phenolic OH excluding ortho intramolecular Hbond substituents is 2. The maximum Gasteiger partial charge on any atom is 0.227 e. The maximum atomic E-state index is 9.36. The van der Waals surface area contributed by atoms with Gasteiger partial charge in [0.15, 0.2) is 0 Å². The minimum Gasteiger partial charge on any atom is -0.508 e. The summed E-state index contributed by atoms with van der Waals surface area (Å²) in [6.45, 7) is 0. The second kappa shape index (κ2) is 15.8. The van der Waals surface area contributed by atoms with Crippen molar-refractivity contribution in [2.45, 2.75) is 19.6 Å². The van der Waals surface area contributed by atoms with E-state index in [1.54, 1.807) is 66.9 Å². The summed E-state index contributed by atoms with van der Waals surface area (Å²) in [4.78, 5) is 20.7. The highest BCUT2D eigenvalue weighted by atomic mass is 35.5. The average Bonchev–Trinajstić information content (AvgIpc) is 3.04. The number of aromatic hydroxyl groups is 2. The predicted octanol–water partition coefficient (Wildman–Crippen LogP) is 9.28. The quantitative estimate of drug-likeness (QED) is 0.0651. The molecule has 0 unspecified atom stereocenters. The fourth-order valence-electron chi connectivity index (χ4n) is 3.76. The second-order valence-electron chi connectivity index (χ2n) is 9.51. The molecule has 4 aromatic carbocycles. The van der Waals surface area contributed by atoms with Crippen LogP contribution in [-0.2, 0) is 0 Å². The third kappa shape index (κ3) is 9.95. The number of aromatic nitrogens is 4. The van der Waals surface area contributed by atoms with Crippen LogP contribution in [0.15, 0.2) is 123 Å². The van der Waals surface area contributed by atoms with E-state index in [0.717, 1.165) is 19.6 Å². The molecule has 2 heterocycles. The minimum absolute atomic E-state index is 0.102. The Labute approximate surface area is 293 Å². The fourth-order valence-corrected chi connectivity index (χ4v) is 5.92. The van der Waals surface area contributed by atoms with Gasteiger partial charge in [0, 0.05) is 66.5 Å². The Kier molecular flexibility index (Phi) is 11.4. The van der Waals surface area contributed by atoms with Gasteiger partial charge < -0.3 is 32.3 Å². The summed E-state index contributed by atoms with van der Waals surface area (Å²) in [5, 5.41) is 26.6. The molecular formula is C32H25Cl3N8O2S2. The van der Waals surface area contributed by atoms with E-state index in [-0.39, 0.29) is 11.5 Å². The van der Waals surface area contributed by atoms with Gasteiger partial charge in [-0.1, -0.05) is 58.3 Å². The first-order valence-corrected chi connectivity index (χ1v) is 16.3. The van der Waals surface area contributed by atoms with Gasteiger partial charge in [-0.25, -0.2) is 19.9 Å². The molecule has 0 saturated carbocycles. The molecule has 15 heteroatoms. The zero-order valence-corrected chi connectivity index (χ0v) is 28.0. The van der Waals surface area contributed by atoms with E-state index < -0.39 is 0 Å². The van der Waals surface area contributed by atoms with Gasteiger partial charge in [-0.05, 0) is 66.7 Å². The zero-order valence-electron chi connectivity index (χ0n) is 24.1. The summed E-state index contributed by atoms with van der Waals surface area (Å²) in [6, 6.07) is 22.2. The molecule has 10 nitrogen and oxygen atoms in total. The molecule has 238 valence electrons. The van der Waals surface area contributed by atoms with E-state index in [2.05, 4.69) is 30.6 Å². The van der Waals surface area contributed by atoms with Crippen molar-refractivity contribution in [3.63, 3.8) is 0 Å². The number of halogens is 3. The van der Waals surface area contributed by atoms with Crippen LogP contribution in [-0.4, -0.2) is 30.1 Å². The molecule has 0 aliphatic heterocycles. The van der Waals surface area contributed by atoms with Crippen LogP contribution < -0.4 is 22.1 Å². The summed E-state index contributed by atoms with van der Waals surface area (Å²) in [7, 11) is 0. The van der Waals surface area contributed by atoms with E-state index >= 15 is 0 Å². The number of benzene rings is 4. The van der Waals surface area contributed by atoms with Gasteiger partial charge in [-0.15, -0.1) is 0 Å². The standard InChI is InChI=1S/C16H12Cl2N4OS.C16H13ClN4OS/c17-9-1-4-15(12(18)5-9)24-11-7-20-16(21-8-11)22-14-3-2-10(23)6-13(14)19;17-10-1-4-12(5-2-10)23-13-8-19-16(20-9-13)21-15-6-3-11(22)7-14(15)18/h1-8,23H,19H2,(H,20,21,22);1-9,22H,18H2,(H,19,20,21). The largest absolute Gasteiger partial charge is 0.508 e. The number of nitrogens with two attached hydrogens (primary N) is 2. The van der Waals surface area contributed by atoms with Crippen molar-refractivity contribution in [3.8, 4) is 11.5 Å². The number of hydrogen-bond donors (Lipinski definition) is 6. The van der Waals surface area contributed by atoms with Crippen molar-refractivity contribution in [1.29, 1.82) is 0 Å². The van der Waals surface area contributed by atoms with E-state index in [9.17, 15) is 10.2 Å². The summed E-state index contributed by atoms with van der Waals surface area (Å²) in [5.41, 5.74) is 13.7. The van der Waals surface area contributed by atoms with Crippen molar-refractivity contribution in [2.24, 2.45) is 0 Å². The Hall–Kier alpha value is -4.59. The van der Waals surface area contributed by atoms with Crippen molar-refractivity contribution in [2.75, 3.05) is 22.1 Å². The predicted molar refractivity (Wildman–Crippen MR) is 192 cm³/mol. The molecule has 8 N–H and O–H groups in total. The minimum atomic E-state index is 0.102. The van der Waals surface area contributed by atoms with E-state index in [1.807, 2.05) is 30.3 Å². The van der Waals surface area contributed by atoms with Gasteiger partial charge in [-0.2, -0.15) is 0 Å². The molecule has 0 spiro atoms. The van der Waals surface area contributed by atoms with Gasteiger partial charge in [0.2, 0.25) is 11.9 Å². The number of nitrogens with zero attached hydrogens (tertiary/aromatic N) is 4. The molecule has 6 rings (SSSR count). The van der Waals surface area contributed by atoms with E-state index in [1.165, 1.54) is 30.0 Å². The smallest absolute Gasteiger partial charge is 0.227 e. The number of rotatable bonds is 8. The molecule has 0 aliphatic rings. The SMILES string of the molecule is Nc1cc(O)ccc1Nc1ncc(Sc2ccc(Cl)cc2)cn1.Nc1cc(O)ccc1Nc1ncc(Sc2ccc(Cl)cc2Cl)cn1. The average molecular weight is 724 g/mol. The second-order valence-corrected chi connectivity index (χ2v) is 13.1. The van der Waals surface area contributed by atoms with E-state index in [4.69, 9.17) is 46.3 Å². The molecule has 0 amide bonds. The number of nitrogen functional groups attached to an aromatic ring is 2. The molecule has 0 aliphatic carbocycles. The van der Waals surface area contributed by atoms with Gasteiger partial charge >= 0.3 is 0 Å². The molecule has 47 heavy (non-hydrogen) atoms. The molecule has 2 aromatic heterocycles. The van der Waals surface area contributed by atoms with Crippen LogP contribution in [0.2, 0.25) is 15.1 Å². The van der Waals surface area contributed by atoms with Crippen LogP contribution in [0.25, 0.3) is 0 Å². The van der Waals surface area contributed by atoms with Crippen molar-refractivity contribution in [3.05, 3.63) is 119 Å². The number of anilines is 6. The highest BCUT2D eigenvalue weighted by Gasteiger charge is 2.08. The summed E-state index contributed by atoms with van der Waals surface area (Å²) >= 11 is 20.9. The van der Waals surface area contributed by atoms with Gasteiger partial charge in [0.1, 0.15) is 11.5 Å². The van der Waals surface area contributed by atoms with Gasteiger partial charge in [0.25, 0.3) is 0 Å². The van der Waals surface area contributed by atoms with Crippen LogP contribution >= 0.6 is 58.3 Å². The number of nitrogens with one attached hydrogen (secondary N) is 2. The number of hydrogen-bond acceptors (Lipinski definition) is 12. The Balaban J connectivity index is 0.000000185. The molecule has 6 aromatic rings. The Morgan fingerprint density at radius 3 is 1.47 bits per heavy atom. The zero-order chi connectivity index (χ0) is 33.3. The highest BCUT2D eigenvalue weighted by Crippen LogP contribution is 2.35. The lowest BCUT2D eigenvalue weighted by Crippen LogP contribution is -1.99. The lowest BCUT2D eigenvalue weighted by Gasteiger charge is -2.09. The monoisotopic (exact) mass is 722 g/mol. The normalized spacial score (nSPS) is 10.5. The number of phenols is 2. The molecule has 0 radical (unpaired) electrons. The van der Waals surface area contributed by atoms with Crippen molar-refractivity contribution < 1.29 is 10.2 Å². The van der Waals surface area contributed by atoms with Crippen molar-refractivity contribution in [1.82, 2.24) is 19.9 Å². The first-order chi connectivity index (χ1) is 22.6. The molecule has 0 bridgehead atoms. The van der Waals surface area contributed by atoms with Crippen LogP contribution in [0.5, 0.6) is 11.5 Å². The van der Waals surface area contributed by atoms with Crippen LogP contribution in [0.4, 0.5) is 34.6 Å². The van der Waals surface area contributed by atoms with Gasteiger partial charge in [-0.3, -0.25) is 0 Å². The first-order valence-electron chi connectivity index (χ1n) is 13.5. The van der Waals surface area contributed by atoms with Crippen molar-refractivity contribution >= 4 is 93.0 Å². The third-order valence-corrected chi connectivity index (χ3v) is 8.88. The van der Waals surface area contributed by atoms with E-state index in [0.29, 0.717) is 49.7 Å². The topological polar surface area (TPSA) is 168 Å². The lowest BCUT2D eigenvalue weighted by molar-refractivity contribution is 0.475. The summed E-state index contributed by atoms with van der Waals surface area (Å²) < 4.78 is 0. The Morgan fingerprint density at radius 2 is 1.00 bits per heavy atom. The summed E-state index contributed by atoms with van der Waals surface area (Å²) in [6.07, 6.45) is 6.82. The maximum absolute atomic E-state index is 9.36. The molecule has 0 saturated heterocycles. The summed E-state index contributed by atoms with van der Waals surface area (Å²) in [5.74, 6) is 1.05. The van der Waals surface area contributed by atoms with Crippen LogP contribution in [0.1, 0.15) is 0 Å². The first kappa shape index (κ1) is 33.8. The fraction of sp³-hybridized carbons (Fsp3) is 0. The lowest BCUT2D eigenvalue weighted by atomic mass is 10.2. The van der Waals surface area contributed by atoms with Crippen LogP contribution in [0, 0.1) is 0 Å². The van der Waals surface area contributed by atoms with Gasteiger partial charge in [0.05, 0.1) is 27.8 Å². The Bertz CT molecular complexity index is 1900. The third-order valence-electron chi connectivity index (χ3n) is 5.99. The molecule has 0 atom stereocenters. The van der Waals surface area contributed by atoms with Crippen LogP contribution in [0.3, 0.4) is 0 Å².